The summed E-state index contributed by atoms with van der Waals surface area (Å²) in [6, 6.07) is 4.72. The van der Waals surface area contributed by atoms with E-state index in [0.29, 0.717) is 17.2 Å². The summed E-state index contributed by atoms with van der Waals surface area (Å²) < 4.78 is 27.6. The molecule has 0 spiro atoms. The molecule has 1 aliphatic heterocycles. The van der Waals surface area contributed by atoms with Crippen molar-refractivity contribution < 1.29 is 13.2 Å². The summed E-state index contributed by atoms with van der Waals surface area (Å²) in [6.07, 6.45) is 2.77. The van der Waals surface area contributed by atoms with Crippen molar-refractivity contribution in [3.63, 3.8) is 0 Å². The van der Waals surface area contributed by atoms with Crippen LogP contribution in [0.4, 0.5) is 5.13 Å². The van der Waals surface area contributed by atoms with Crippen molar-refractivity contribution in [1.29, 1.82) is 0 Å². The van der Waals surface area contributed by atoms with Gasteiger partial charge in [-0.3, -0.25) is 10.1 Å². The van der Waals surface area contributed by atoms with Gasteiger partial charge in [0.05, 0.1) is 10.6 Å². The number of hydrogen-bond donors (Lipinski definition) is 1. The lowest BCUT2D eigenvalue weighted by molar-refractivity contribution is 0.102. The van der Waals surface area contributed by atoms with Crippen LogP contribution in [0.3, 0.4) is 0 Å². The highest BCUT2D eigenvalue weighted by atomic mass is 32.2. The number of amides is 1. The number of carbonyl (C=O) groups is 1. The maximum atomic E-state index is 13.0. The maximum Gasteiger partial charge on any atom is 0.257 e. The van der Waals surface area contributed by atoms with Gasteiger partial charge >= 0.3 is 0 Å². The van der Waals surface area contributed by atoms with Gasteiger partial charge in [-0.25, -0.2) is 13.4 Å². The summed E-state index contributed by atoms with van der Waals surface area (Å²) in [6.45, 7) is 6.10. The Hall–Kier alpha value is -1.77. The maximum absolute atomic E-state index is 13.0. The highest BCUT2D eigenvalue weighted by Crippen LogP contribution is 2.27. The van der Waals surface area contributed by atoms with Crippen LogP contribution in [0.2, 0.25) is 0 Å². The van der Waals surface area contributed by atoms with Gasteiger partial charge in [0.15, 0.2) is 5.13 Å². The molecule has 1 amide bonds. The van der Waals surface area contributed by atoms with Crippen molar-refractivity contribution in [3.05, 3.63) is 40.4 Å². The lowest BCUT2D eigenvalue weighted by Crippen LogP contribution is -2.42. The average molecular weight is 394 g/mol. The first-order valence-corrected chi connectivity index (χ1v) is 11.0. The van der Waals surface area contributed by atoms with E-state index in [2.05, 4.69) is 10.3 Å². The quantitative estimate of drug-likeness (QED) is 0.861. The molecule has 0 radical (unpaired) electrons. The van der Waals surface area contributed by atoms with Gasteiger partial charge in [-0.1, -0.05) is 12.5 Å². The zero-order valence-corrected chi connectivity index (χ0v) is 16.8. The van der Waals surface area contributed by atoms with Gasteiger partial charge in [0.25, 0.3) is 5.91 Å². The lowest BCUT2D eigenvalue weighted by Gasteiger charge is -2.32. The number of carbonyl (C=O) groups excluding carboxylic acids is 1. The van der Waals surface area contributed by atoms with Crippen molar-refractivity contribution in [2.45, 2.75) is 51.0 Å². The van der Waals surface area contributed by atoms with E-state index in [9.17, 15) is 13.2 Å². The van der Waals surface area contributed by atoms with Crippen LogP contribution in [0.25, 0.3) is 0 Å². The highest BCUT2D eigenvalue weighted by molar-refractivity contribution is 7.89. The Morgan fingerprint density at radius 2 is 2.08 bits per heavy atom. The fourth-order valence-corrected chi connectivity index (χ4v) is 5.56. The predicted octanol–water partition coefficient (Wildman–Crippen LogP) is 3.58. The van der Waals surface area contributed by atoms with E-state index in [0.717, 1.165) is 30.5 Å². The number of piperidine rings is 1. The second-order valence-electron chi connectivity index (χ2n) is 6.69. The molecule has 2 heterocycles. The third-order valence-electron chi connectivity index (χ3n) is 4.64. The summed E-state index contributed by atoms with van der Waals surface area (Å²) in [7, 11) is -3.61. The van der Waals surface area contributed by atoms with Crippen molar-refractivity contribution in [3.8, 4) is 0 Å². The van der Waals surface area contributed by atoms with Gasteiger partial charge in [-0.2, -0.15) is 4.31 Å². The normalized spacial score (nSPS) is 18.7. The summed E-state index contributed by atoms with van der Waals surface area (Å²) >= 11 is 1.34. The van der Waals surface area contributed by atoms with Gasteiger partial charge in [-0.15, -0.1) is 11.3 Å². The minimum absolute atomic E-state index is 0.0226. The van der Waals surface area contributed by atoms with Gasteiger partial charge < -0.3 is 0 Å². The number of nitrogens with zero attached hydrogens (tertiary/aromatic N) is 2. The molecule has 8 heteroatoms. The largest absolute Gasteiger partial charge is 0.298 e. The smallest absolute Gasteiger partial charge is 0.257 e. The third kappa shape index (κ3) is 3.82. The van der Waals surface area contributed by atoms with E-state index in [1.807, 2.05) is 19.2 Å². The van der Waals surface area contributed by atoms with Crippen LogP contribution >= 0.6 is 11.3 Å². The molecule has 26 heavy (non-hydrogen) atoms. The molecule has 0 aliphatic carbocycles. The Bertz CT molecular complexity index is 922. The molecule has 0 saturated carbocycles. The molecule has 1 N–H and O–H groups in total. The number of anilines is 1. The number of aromatic nitrogens is 1. The van der Waals surface area contributed by atoms with Crippen molar-refractivity contribution >= 4 is 32.4 Å². The summed E-state index contributed by atoms with van der Waals surface area (Å²) in [4.78, 5) is 17.0. The Morgan fingerprint density at radius 1 is 1.31 bits per heavy atom. The van der Waals surface area contributed by atoms with E-state index < -0.39 is 10.0 Å². The third-order valence-corrected chi connectivity index (χ3v) is 7.53. The Morgan fingerprint density at radius 3 is 2.73 bits per heavy atom. The van der Waals surface area contributed by atoms with Crippen LogP contribution < -0.4 is 5.32 Å². The van der Waals surface area contributed by atoms with Crippen molar-refractivity contribution in [2.24, 2.45) is 0 Å². The molecule has 2 aromatic rings. The topological polar surface area (TPSA) is 79.4 Å². The average Bonchev–Trinajstić information content (AvgIpc) is 3.00. The van der Waals surface area contributed by atoms with E-state index in [4.69, 9.17) is 0 Å². The van der Waals surface area contributed by atoms with Gasteiger partial charge in [0.2, 0.25) is 10.0 Å². The van der Waals surface area contributed by atoms with Crippen LogP contribution in [-0.4, -0.2) is 36.2 Å². The van der Waals surface area contributed by atoms with E-state index in [1.165, 1.54) is 17.4 Å². The first kappa shape index (κ1) is 19.0. The minimum Gasteiger partial charge on any atom is -0.298 e. The van der Waals surface area contributed by atoms with Crippen molar-refractivity contribution in [2.75, 3.05) is 11.9 Å². The lowest BCUT2D eigenvalue weighted by atomic mass is 10.1. The van der Waals surface area contributed by atoms with E-state index in [-0.39, 0.29) is 16.8 Å². The fourth-order valence-electron chi connectivity index (χ4n) is 3.15. The van der Waals surface area contributed by atoms with E-state index in [1.54, 1.807) is 23.4 Å². The molecule has 1 aromatic carbocycles. The Kier molecular flexibility index (Phi) is 5.45. The standard InChI is InChI=1S/C18H23N3O3S2/c1-12-7-8-15(26(23,24)21-9-5-4-6-14(21)3)10-16(12)17(22)20-18-19-13(2)11-25-18/h7-8,10-11,14H,4-6,9H2,1-3H3,(H,19,20,22). The van der Waals surface area contributed by atoms with Crippen LogP contribution in [0.5, 0.6) is 0 Å². The zero-order valence-electron chi connectivity index (χ0n) is 15.2. The molecule has 1 aliphatic rings. The van der Waals surface area contributed by atoms with Crippen LogP contribution in [0.15, 0.2) is 28.5 Å². The number of benzene rings is 1. The predicted molar refractivity (Wildman–Crippen MR) is 103 cm³/mol. The van der Waals surface area contributed by atoms with Crippen molar-refractivity contribution in [1.82, 2.24) is 9.29 Å². The summed E-state index contributed by atoms with van der Waals surface area (Å²) in [5.74, 6) is -0.347. The zero-order chi connectivity index (χ0) is 18.9. The molecule has 1 fully saturated rings. The molecule has 1 unspecified atom stereocenters. The van der Waals surface area contributed by atoms with Crippen LogP contribution in [-0.2, 0) is 10.0 Å². The molecular formula is C18H23N3O3S2. The fraction of sp³-hybridized carbons (Fsp3) is 0.444. The number of thiazole rings is 1. The van der Waals surface area contributed by atoms with Crippen LogP contribution in [0.1, 0.15) is 47.8 Å². The second-order valence-corrected chi connectivity index (χ2v) is 9.43. The summed E-state index contributed by atoms with van der Waals surface area (Å²) in [5, 5.41) is 5.10. The second kappa shape index (κ2) is 7.46. The SMILES string of the molecule is Cc1csc(NC(=O)c2cc(S(=O)(=O)N3CCCCC3C)ccc2C)n1. The molecule has 1 saturated heterocycles. The first-order chi connectivity index (χ1) is 12.3. The number of nitrogens with one attached hydrogen (secondary N) is 1. The van der Waals surface area contributed by atoms with Gasteiger partial charge in [-0.05, 0) is 51.3 Å². The van der Waals surface area contributed by atoms with Gasteiger partial charge in [0, 0.05) is 23.5 Å². The number of sulfonamides is 1. The Labute approximate surface area is 158 Å². The van der Waals surface area contributed by atoms with Crippen LogP contribution in [0, 0.1) is 13.8 Å². The monoisotopic (exact) mass is 393 g/mol. The molecule has 6 nitrogen and oxygen atoms in total. The summed E-state index contributed by atoms with van der Waals surface area (Å²) in [5.41, 5.74) is 1.91. The molecule has 3 rings (SSSR count). The minimum atomic E-state index is -3.61. The first-order valence-electron chi connectivity index (χ1n) is 8.65. The van der Waals surface area contributed by atoms with Gasteiger partial charge in [0.1, 0.15) is 0 Å². The Balaban J connectivity index is 1.90. The van der Waals surface area contributed by atoms with E-state index >= 15 is 0 Å². The molecular weight excluding hydrogens is 370 g/mol. The number of aryl methyl sites for hydroxylation is 2. The number of rotatable bonds is 4. The molecule has 1 atom stereocenters. The molecule has 1 aromatic heterocycles. The molecule has 140 valence electrons. The molecule has 0 bridgehead atoms. The highest BCUT2D eigenvalue weighted by Gasteiger charge is 2.31. The number of hydrogen-bond acceptors (Lipinski definition) is 5.